The second-order valence-corrected chi connectivity index (χ2v) is 14.3. The molecule has 3 N–H and O–H groups in total. The predicted octanol–water partition coefficient (Wildman–Crippen LogP) is 5.15. The molecule has 0 radical (unpaired) electrons. The topological polar surface area (TPSA) is 115 Å². The van der Waals surface area contributed by atoms with E-state index in [1.165, 1.54) is 9.80 Å². The van der Waals surface area contributed by atoms with Gasteiger partial charge in [0, 0.05) is 83.1 Å². The van der Waals surface area contributed by atoms with Gasteiger partial charge in [-0.05, 0) is 68.5 Å². The molecule has 3 fully saturated rings. The molecule has 0 aromatic heterocycles. The van der Waals surface area contributed by atoms with Crippen LogP contribution < -0.4 is 11.1 Å². The number of nitrogen functional groups attached to an aromatic ring is 1. The highest BCUT2D eigenvalue weighted by atomic mass is 19.4. The Morgan fingerprint density at radius 2 is 1.40 bits per heavy atom. The Kier molecular flexibility index (Phi) is 11.3. The molecule has 1 atom stereocenters. The molecule has 4 amide bonds. The molecule has 0 spiro atoms. The fraction of sp³-hybridized carbons (Fsp3) is 0.583. The molecular formula is C36H45F6N7O4. The molecule has 4 aliphatic rings. The number of nitrogens with zero attached hydrogens (tertiary/aromatic N) is 5. The van der Waals surface area contributed by atoms with Crippen LogP contribution in [0.1, 0.15) is 47.9 Å². The van der Waals surface area contributed by atoms with Crippen LogP contribution in [0.25, 0.3) is 0 Å². The zero-order chi connectivity index (χ0) is 38.1. The highest BCUT2D eigenvalue weighted by molar-refractivity contribution is 5.91. The monoisotopic (exact) mass is 753 g/mol. The Hall–Kier alpha value is -4.25. The number of amides is 4. The van der Waals surface area contributed by atoms with Crippen molar-refractivity contribution in [3.8, 4) is 0 Å². The highest BCUT2D eigenvalue weighted by Gasteiger charge is 2.42. The lowest BCUT2D eigenvalue weighted by molar-refractivity contribution is -0.142. The molecule has 3 saturated heterocycles. The number of hydrogen-bond acceptors (Lipinski definition) is 7. The molecule has 0 unspecified atom stereocenters. The number of nitrogens with two attached hydrogens (primary N) is 1. The van der Waals surface area contributed by atoms with Gasteiger partial charge in [0.25, 0.3) is 5.91 Å². The fourth-order valence-electron chi connectivity index (χ4n) is 7.83. The molecule has 0 saturated carbocycles. The molecule has 6 rings (SSSR count). The van der Waals surface area contributed by atoms with Gasteiger partial charge in [0.05, 0.1) is 16.8 Å². The third-order valence-electron chi connectivity index (χ3n) is 10.9. The molecule has 53 heavy (non-hydrogen) atoms. The number of piperazine rings is 1. The van der Waals surface area contributed by atoms with Gasteiger partial charge < -0.3 is 35.4 Å². The van der Waals surface area contributed by atoms with Gasteiger partial charge in [0.1, 0.15) is 0 Å². The Morgan fingerprint density at radius 3 is 2.00 bits per heavy atom. The second-order valence-electron chi connectivity index (χ2n) is 14.3. The summed E-state index contributed by atoms with van der Waals surface area (Å²) in [6.45, 7) is 4.96. The molecular weight excluding hydrogens is 708 g/mol. The zero-order valence-electron chi connectivity index (χ0n) is 29.5. The van der Waals surface area contributed by atoms with Crippen LogP contribution in [-0.4, -0.2) is 127 Å². The van der Waals surface area contributed by atoms with Gasteiger partial charge in [-0.1, -0.05) is 18.2 Å². The molecule has 11 nitrogen and oxygen atoms in total. The summed E-state index contributed by atoms with van der Waals surface area (Å²) in [7, 11) is 2.05. The first kappa shape index (κ1) is 38.5. The molecule has 17 heteroatoms. The van der Waals surface area contributed by atoms with Crippen molar-refractivity contribution in [2.24, 2.45) is 0 Å². The normalized spacial score (nSPS) is 20.8. The van der Waals surface area contributed by atoms with Gasteiger partial charge in [0.2, 0.25) is 0 Å². The number of rotatable bonds is 6. The van der Waals surface area contributed by atoms with E-state index in [9.17, 15) is 40.7 Å². The number of urea groups is 1. The van der Waals surface area contributed by atoms with Crippen LogP contribution in [-0.2, 0) is 34.7 Å². The maximum absolute atomic E-state index is 14.0. The predicted molar refractivity (Wildman–Crippen MR) is 184 cm³/mol. The lowest BCUT2D eigenvalue weighted by Gasteiger charge is -2.42. The summed E-state index contributed by atoms with van der Waals surface area (Å²) in [6, 6.07) is 8.26. The SMILES string of the molecule is CN1CCN(C2CCN(C(=O)[C@@H](Cc3cc(C(F)(F)F)c(N)c(C(F)(F)F)c3)OC(=O)N3CCC(N4CCc5ccccc5NC4=O)CC3)CC2)CC1. The number of likely N-dealkylation sites (N-methyl/N-ethyl adjacent to an activating group) is 1. The van der Waals surface area contributed by atoms with E-state index in [0.29, 0.717) is 63.9 Å². The number of nitrogens with one attached hydrogen (secondary N) is 1. The van der Waals surface area contributed by atoms with Crippen LogP contribution in [0.15, 0.2) is 36.4 Å². The first-order valence-corrected chi connectivity index (χ1v) is 18.0. The molecule has 2 aromatic carbocycles. The number of alkyl halides is 6. The largest absolute Gasteiger partial charge is 0.436 e. The average Bonchev–Trinajstić information content (AvgIpc) is 3.29. The Balaban J connectivity index is 1.16. The van der Waals surface area contributed by atoms with Gasteiger partial charge in [0.15, 0.2) is 6.10 Å². The lowest BCUT2D eigenvalue weighted by Crippen LogP contribution is -2.54. The quantitative estimate of drug-likeness (QED) is 0.310. The summed E-state index contributed by atoms with van der Waals surface area (Å²) in [5.74, 6) is -0.690. The summed E-state index contributed by atoms with van der Waals surface area (Å²) in [4.78, 5) is 49.8. The van der Waals surface area contributed by atoms with Crippen molar-refractivity contribution < 1.29 is 45.5 Å². The van der Waals surface area contributed by atoms with E-state index in [-0.39, 0.29) is 31.2 Å². The number of carbonyl (C=O) groups excluding carboxylic acids is 3. The number of benzene rings is 2. The van der Waals surface area contributed by atoms with Crippen molar-refractivity contribution in [3.05, 3.63) is 58.7 Å². The van der Waals surface area contributed by atoms with Crippen molar-refractivity contribution in [3.63, 3.8) is 0 Å². The van der Waals surface area contributed by atoms with Gasteiger partial charge in [-0.3, -0.25) is 9.69 Å². The maximum Gasteiger partial charge on any atom is 0.418 e. The number of fused-ring (bicyclic) bond motifs is 1. The first-order valence-electron chi connectivity index (χ1n) is 18.0. The van der Waals surface area contributed by atoms with Gasteiger partial charge in [-0.2, -0.15) is 26.3 Å². The molecule has 0 bridgehead atoms. The molecule has 2 aromatic rings. The van der Waals surface area contributed by atoms with Crippen LogP contribution in [0.4, 0.5) is 47.3 Å². The van der Waals surface area contributed by atoms with Crippen molar-refractivity contribution in [2.75, 3.05) is 77.0 Å². The summed E-state index contributed by atoms with van der Waals surface area (Å²) < 4.78 is 89.0. The van der Waals surface area contributed by atoms with Crippen LogP contribution in [0.3, 0.4) is 0 Å². The average molecular weight is 754 g/mol. The number of ether oxygens (including phenoxy) is 1. The summed E-state index contributed by atoms with van der Waals surface area (Å²) in [6.07, 6.45) is -11.1. The number of halogens is 6. The minimum Gasteiger partial charge on any atom is -0.436 e. The number of anilines is 2. The van der Waals surface area contributed by atoms with Crippen molar-refractivity contribution in [2.45, 2.75) is 69.1 Å². The van der Waals surface area contributed by atoms with Gasteiger partial charge in [-0.25, -0.2) is 9.59 Å². The van der Waals surface area contributed by atoms with Crippen LogP contribution in [0.2, 0.25) is 0 Å². The lowest BCUT2D eigenvalue weighted by atomic mass is 9.97. The molecule has 290 valence electrons. The van der Waals surface area contributed by atoms with E-state index in [1.54, 1.807) is 4.90 Å². The Bertz CT molecular complexity index is 1610. The second kappa shape index (κ2) is 15.6. The number of carbonyl (C=O) groups is 3. The van der Waals surface area contributed by atoms with E-state index < -0.39 is 59.3 Å². The number of piperidine rings is 2. The van der Waals surface area contributed by atoms with E-state index in [4.69, 9.17) is 10.5 Å². The van der Waals surface area contributed by atoms with Gasteiger partial charge in [-0.15, -0.1) is 0 Å². The number of likely N-dealkylation sites (tertiary alicyclic amines) is 2. The minimum absolute atomic E-state index is 0.163. The third-order valence-corrected chi connectivity index (χ3v) is 10.9. The van der Waals surface area contributed by atoms with E-state index in [0.717, 1.165) is 37.4 Å². The molecule has 4 aliphatic heterocycles. The highest BCUT2D eigenvalue weighted by Crippen LogP contribution is 2.42. The number of hydrogen-bond donors (Lipinski definition) is 2. The van der Waals surface area contributed by atoms with E-state index in [1.807, 2.05) is 31.3 Å². The Morgan fingerprint density at radius 1 is 0.830 bits per heavy atom. The summed E-state index contributed by atoms with van der Waals surface area (Å²) >= 11 is 0. The van der Waals surface area contributed by atoms with Crippen molar-refractivity contribution in [1.82, 2.24) is 24.5 Å². The number of para-hydroxylation sites is 1. The van der Waals surface area contributed by atoms with Crippen LogP contribution >= 0.6 is 0 Å². The smallest absolute Gasteiger partial charge is 0.418 e. The molecule has 0 aliphatic carbocycles. The first-order chi connectivity index (χ1) is 25.1. The van der Waals surface area contributed by atoms with Crippen molar-refractivity contribution >= 4 is 29.4 Å². The third kappa shape index (κ3) is 8.94. The van der Waals surface area contributed by atoms with Gasteiger partial charge >= 0.3 is 24.5 Å². The fourth-order valence-corrected chi connectivity index (χ4v) is 7.83. The standard InChI is InChI=1S/C36H45F6N7O4/c1-45-16-18-46(19-17-45)25-7-11-47(12-8-25)32(50)30(22-23-20-27(35(37,38)39)31(43)28(21-23)36(40,41)42)53-34(52)48-13-9-26(10-14-48)49-15-6-24-4-2-3-5-29(24)44-33(49)51/h2-5,20-21,25-26,30H,6-19,22,43H2,1H3,(H,44,51)/t30-/m1/s1. The Labute approximate surface area is 304 Å². The summed E-state index contributed by atoms with van der Waals surface area (Å²) in [5, 5.41) is 2.94. The zero-order valence-corrected chi connectivity index (χ0v) is 29.5. The van der Waals surface area contributed by atoms with Crippen LogP contribution in [0, 0.1) is 0 Å². The summed E-state index contributed by atoms with van der Waals surface area (Å²) in [5.41, 5.74) is 1.77. The minimum atomic E-state index is -5.21. The van der Waals surface area contributed by atoms with Crippen LogP contribution in [0.5, 0.6) is 0 Å². The van der Waals surface area contributed by atoms with E-state index >= 15 is 0 Å². The van der Waals surface area contributed by atoms with Crippen molar-refractivity contribution in [1.29, 1.82) is 0 Å². The van der Waals surface area contributed by atoms with E-state index in [2.05, 4.69) is 15.1 Å². The maximum atomic E-state index is 14.0. The molecule has 4 heterocycles.